The fraction of sp³-hybridized carbons (Fsp3) is 0.286. The quantitative estimate of drug-likeness (QED) is 0.183. The van der Waals surface area contributed by atoms with Crippen molar-refractivity contribution < 1.29 is 28.5 Å². The van der Waals surface area contributed by atoms with Crippen LogP contribution in [0.25, 0.3) is 5.76 Å². The lowest BCUT2D eigenvalue weighted by Gasteiger charge is -2.09. The van der Waals surface area contributed by atoms with E-state index in [2.05, 4.69) is 4.99 Å². The van der Waals surface area contributed by atoms with Crippen LogP contribution in [0.5, 0.6) is 0 Å². The third kappa shape index (κ3) is 4.73. The van der Waals surface area contributed by atoms with Gasteiger partial charge in [0.1, 0.15) is 11.3 Å². The van der Waals surface area contributed by atoms with Crippen molar-refractivity contribution in [2.75, 3.05) is 19.8 Å². The van der Waals surface area contributed by atoms with Crippen LogP contribution in [0.15, 0.2) is 22.7 Å². The molecule has 0 aliphatic carbocycles. The van der Waals surface area contributed by atoms with Crippen molar-refractivity contribution in [2.24, 2.45) is 4.99 Å². The molecule has 5 nitrogen and oxygen atoms in total. The molecule has 0 unspecified atom stereocenters. The van der Waals surface area contributed by atoms with E-state index in [4.69, 9.17) is 9.84 Å². The number of benzene rings is 1. The molecule has 0 aliphatic heterocycles. The highest BCUT2D eigenvalue weighted by Crippen LogP contribution is 2.24. The van der Waals surface area contributed by atoms with E-state index in [-0.39, 0.29) is 19.8 Å². The zero-order valence-corrected chi connectivity index (χ0v) is 13.8. The normalized spacial score (nSPS) is 12.4. The summed E-state index contributed by atoms with van der Waals surface area (Å²) in [5.41, 5.74) is -0.890. The van der Waals surface area contributed by atoms with Gasteiger partial charge >= 0.3 is 5.97 Å². The Balaban J connectivity index is 3.41. The molecule has 0 fully saturated rings. The number of esters is 1. The van der Waals surface area contributed by atoms with E-state index < -0.39 is 34.5 Å². The Hall–Kier alpha value is -1.55. The smallest absolute Gasteiger partial charge is 0.343 e. The molecule has 0 aromatic heterocycles. The molecule has 1 rings (SSSR count). The average Bonchev–Trinajstić information content (AvgIpc) is 2.47. The van der Waals surface area contributed by atoms with Crippen molar-refractivity contribution >= 4 is 40.5 Å². The zero-order valence-electron chi connectivity index (χ0n) is 11.6. The van der Waals surface area contributed by atoms with Gasteiger partial charge in [0, 0.05) is 9.78 Å². The van der Waals surface area contributed by atoms with Crippen molar-refractivity contribution in [1.29, 1.82) is 0 Å². The molecular weight excluding hydrogens is 411 g/mol. The number of carbonyl (C=O) groups is 1. The Bertz CT molecular complexity index is 617. The van der Waals surface area contributed by atoms with Gasteiger partial charge in [0.2, 0.25) is 0 Å². The van der Waals surface area contributed by atoms with Gasteiger partial charge in [0.15, 0.2) is 11.6 Å². The molecule has 0 spiro atoms. The van der Waals surface area contributed by atoms with Crippen molar-refractivity contribution in [3.63, 3.8) is 0 Å². The molecule has 0 bridgehead atoms. The summed E-state index contributed by atoms with van der Waals surface area (Å²) in [6, 6.07) is 2.14. The predicted molar refractivity (Wildman–Crippen MR) is 85.7 cm³/mol. The number of ether oxygens (including phenoxy) is 1. The number of hydrogen-bond acceptors (Lipinski definition) is 5. The van der Waals surface area contributed by atoms with Crippen molar-refractivity contribution in [3.8, 4) is 0 Å². The minimum atomic E-state index is -1.28. The molecule has 0 saturated heterocycles. The first-order valence-electron chi connectivity index (χ1n) is 6.28. The fourth-order valence-corrected chi connectivity index (χ4v) is 2.09. The Labute approximate surface area is 139 Å². The highest BCUT2D eigenvalue weighted by atomic mass is 127. The second kappa shape index (κ2) is 8.79. The highest BCUT2D eigenvalue weighted by molar-refractivity contribution is 14.1. The number of aliphatic imine (C=N–C) groups is 1. The number of rotatable bonds is 6. The lowest BCUT2D eigenvalue weighted by Crippen LogP contribution is -2.12. The summed E-state index contributed by atoms with van der Waals surface area (Å²) in [6.07, 6.45) is 0.959. The molecule has 0 heterocycles. The molecule has 2 N–H and O–H groups in total. The van der Waals surface area contributed by atoms with Crippen molar-refractivity contribution in [2.45, 2.75) is 6.92 Å². The SMILES string of the molecule is CCOC(=O)C(C=NCCO)=C(O)c1cc(I)cc(F)c1F. The largest absolute Gasteiger partial charge is 0.506 e. The summed E-state index contributed by atoms with van der Waals surface area (Å²) in [7, 11) is 0. The molecule has 0 aliphatic rings. The molecule has 1 aromatic carbocycles. The molecule has 1 aromatic rings. The highest BCUT2D eigenvalue weighted by Gasteiger charge is 2.21. The van der Waals surface area contributed by atoms with Gasteiger partial charge in [-0.2, -0.15) is 0 Å². The van der Waals surface area contributed by atoms with E-state index in [0.717, 1.165) is 12.3 Å². The minimum absolute atomic E-state index is 0.0145. The summed E-state index contributed by atoms with van der Waals surface area (Å²) in [6.45, 7) is 1.31. The second-order valence-corrected chi connectivity index (χ2v) is 5.24. The van der Waals surface area contributed by atoms with E-state index in [0.29, 0.717) is 3.57 Å². The second-order valence-electron chi connectivity index (χ2n) is 3.99. The third-order valence-electron chi connectivity index (χ3n) is 2.45. The summed E-state index contributed by atoms with van der Waals surface area (Å²) in [5, 5.41) is 18.8. The predicted octanol–water partition coefficient (Wildman–Crippen LogP) is 2.46. The van der Waals surface area contributed by atoms with Gasteiger partial charge in [-0.3, -0.25) is 4.99 Å². The maximum atomic E-state index is 13.8. The molecule has 0 radical (unpaired) electrons. The zero-order chi connectivity index (χ0) is 16.7. The summed E-state index contributed by atoms with van der Waals surface area (Å²) < 4.78 is 32.3. The van der Waals surface area contributed by atoms with Gasteiger partial charge in [-0.25, -0.2) is 13.6 Å². The van der Waals surface area contributed by atoms with Crippen molar-refractivity contribution in [1.82, 2.24) is 0 Å². The summed E-state index contributed by atoms with van der Waals surface area (Å²) in [5.74, 6) is -4.14. The Morgan fingerprint density at radius 1 is 1.45 bits per heavy atom. The lowest BCUT2D eigenvalue weighted by atomic mass is 10.1. The van der Waals surface area contributed by atoms with E-state index in [1.807, 2.05) is 0 Å². The van der Waals surface area contributed by atoms with Gasteiger partial charge in [-0.05, 0) is 41.6 Å². The number of carbonyl (C=O) groups excluding carboxylic acids is 1. The number of aliphatic hydroxyl groups is 2. The van der Waals surface area contributed by atoms with Crippen LogP contribution in [-0.2, 0) is 9.53 Å². The molecule has 22 heavy (non-hydrogen) atoms. The van der Waals surface area contributed by atoms with Crippen LogP contribution >= 0.6 is 22.6 Å². The van der Waals surface area contributed by atoms with E-state index in [1.165, 1.54) is 6.07 Å². The van der Waals surface area contributed by atoms with Gasteiger partial charge < -0.3 is 14.9 Å². The van der Waals surface area contributed by atoms with Gasteiger partial charge in [-0.15, -0.1) is 0 Å². The lowest BCUT2D eigenvalue weighted by molar-refractivity contribution is -0.137. The molecule has 8 heteroatoms. The van der Waals surface area contributed by atoms with Gasteiger partial charge in [-0.1, -0.05) is 0 Å². The van der Waals surface area contributed by atoms with Crippen LogP contribution in [0.4, 0.5) is 8.78 Å². The molecule has 0 atom stereocenters. The number of aliphatic hydroxyl groups excluding tert-OH is 2. The maximum absolute atomic E-state index is 13.8. The maximum Gasteiger partial charge on any atom is 0.343 e. The van der Waals surface area contributed by atoms with Gasteiger partial charge in [0.25, 0.3) is 0 Å². The van der Waals surface area contributed by atoms with Crippen LogP contribution < -0.4 is 0 Å². The van der Waals surface area contributed by atoms with E-state index >= 15 is 0 Å². The topological polar surface area (TPSA) is 79.1 Å². The average molecular weight is 425 g/mol. The molecule has 0 saturated carbocycles. The van der Waals surface area contributed by atoms with Crippen LogP contribution in [0.3, 0.4) is 0 Å². The van der Waals surface area contributed by atoms with Crippen LogP contribution in [0.2, 0.25) is 0 Å². The number of hydrogen-bond donors (Lipinski definition) is 2. The minimum Gasteiger partial charge on any atom is -0.506 e. The van der Waals surface area contributed by atoms with Crippen LogP contribution in [0, 0.1) is 15.2 Å². The summed E-state index contributed by atoms with van der Waals surface area (Å²) in [4.78, 5) is 15.5. The van der Waals surface area contributed by atoms with Gasteiger partial charge in [0.05, 0.1) is 25.3 Å². The monoisotopic (exact) mass is 425 g/mol. The Morgan fingerprint density at radius 3 is 2.73 bits per heavy atom. The first-order valence-corrected chi connectivity index (χ1v) is 7.36. The van der Waals surface area contributed by atoms with Crippen molar-refractivity contribution in [3.05, 3.63) is 38.5 Å². The van der Waals surface area contributed by atoms with Crippen LogP contribution in [-0.4, -0.2) is 42.2 Å². The number of halogens is 3. The first-order chi connectivity index (χ1) is 10.4. The molecular formula is C14H14F2INO4. The number of nitrogens with zero attached hydrogens (tertiary/aromatic N) is 1. The Kier molecular flexibility index (Phi) is 7.39. The first kappa shape index (κ1) is 18.5. The summed E-state index contributed by atoms with van der Waals surface area (Å²) >= 11 is 1.75. The van der Waals surface area contributed by atoms with Crippen LogP contribution in [0.1, 0.15) is 12.5 Å². The Morgan fingerprint density at radius 2 is 2.14 bits per heavy atom. The van der Waals surface area contributed by atoms with E-state index in [9.17, 15) is 18.7 Å². The molecule has 120 valence electrons. The fourth-order valence-electron chi connectivity index (χ4n) is 1.51. The standard InChI is InChI=1S/C14H14F2INO4/c1-2-22-14(21)10(7-18-3-4-19)13(20)9-5-8(17)6-11(15)12(9)16/h5-7,19-20H,2-4H2,1H3. The third-order valence-corrected chi connectivity index (χ3v) is 3.07. The molecule has 0 amide bonds. The van der Waals surface area contributed by atoms with E-state index in [1.54, 1.807) is 29.5 Å².